The van der Waals surface area contributed by atoms with Crippen LogP contribution in [0.5, 0.6) is 5.75 Å². The normalized spacial score (nSPS) is 24.4. The maximum Gasteiger partial charge on any atom is 0.154 e. The van der Waals surface area contributed by atoms with Crippen molar-refractivity contribution < 1.29 is 23.4 Å². The molecule has 20 heavy (non-hydrogen) atoms. The van der Waals surface area contributed by atoms with Gasteiger partial charge in [-0.25, -0.2) is 8.42 Å². The molecule has 0 unspecified atom stereocenters. The number of methoxy groups -OCH3 is 1. The zero-order chi connectivity index (χ0) is 15.0. The molecule has 0 bridgehead atoms. The smallest absolute Gasteiger partial charge is 0.154 e. The molecule has 0 spiro atoms. The van der Waals surface area contributed by atoms with Gasteiger partial charge in [0.15, 0.2) is 9.84 Å². The van der Waals surface area contributed by atoms with Crippen LogP contribution in [0.2, 0.25) is 0 Å². The Hall–Kier alpha value is -1.11. The number of aliphatic hydroxyl groups is 2. The van der Waals surface area contributed by atoms with Crippen molar-refractivity contribution in [2.75, 3.05) is 26.1 Å². The van der Waals surface area contributed by atoms with Gasteiger partial charge in [0, 0.05) is 17.1 Å². The first-order chi connectivity index (χ1) is 9.46. The number of rotatable bonds is 6. The van der Waals surface area contributed by atoms with E-state index in [1.165, 1.54) is 0 Å². The second kappa shape index (κ2) is 5.35. The summed E-state index contributed by atoms with van der Waals surface area (Å²) in [5, 5.41) is 18.4. The van der Waals surface area contributed by atoms with Crippen molar-refractivity contribution in [1.82, 2.24) is 0 Å². The third kappa shape index (κ3) is 2.21. The van der Waals surface area contributed by atoms with Gasteiger partial charge < -0.3 is 14.9 Å². The topological polar surface area (TPSA) is 83.8 Å². The number of aliphatic hydroxyl groups excluding tert-OH is 2. The first kappa shape index (κ1) is 15.3. The van der Waals surface area contributed by atoms with E-state index < -0.39 is 20.5 Å². The van der Waals surface area contributed by atoms with Gasteiger partial charge in [-0.2, -0.15) is 0 Å². The Labute approximate surface area is 119 Å². The summed E-state index contributed by atoms with van der Waals surface area (Å²) in [6, 6.07) is 7.08. The van der Waals surface area contributed by atoms with Crippen LogP contribution < -0.4 is 4.74 Å². The van der Waals surface area contributed by atoms with Gasteiger partial charge in [0.25, 0.3) is 0 Å². The van der Waals surface area contributed by atoms with Gasteiger partial charge in [-0.1, -0.05) is 19.1 Å². The van der Waals surface area contributed by atoms with Crippen molar-refractivity contribution in [3.63, 3.8) is 0 Å². The fourth-order valence-corrected chi connectivity index (χ4v) is 5.08. The first-order valence-electron chi connectivity index (χ1n) is 6.54. The Bertz CT molecular complexity index is 560. The van der Waals surface area contributed by atoms with Crippen molar-refractivity contribution in [2.24, 2.45) is 5.41 Å². The lowest BCUT2D eigenvalue weighted by Gasteiger charge is -2.11. The molecule has 112 valence electrons. The highest BCUT2D eigenvalue weighted by Crippen LogP contribution is 2.62. The van der Waals surface area contributed by atoms with Crippen LogP contribution in [0.3, 0.4) is 0 Å². The zero-order valence-corrected chi connectivity index (χ0v) is 12.4. The molecular weight excluding hydrogens is 280 g/mol. The molecule has 0 radical (unpaired) electrons. The summed E-state index contributed by atoms with van der Waals surface area (Å²) in [5.41, 5.74) is -0.167. The average Bonchev–Trinajstić information content (AvgIpc) is 3.18. The Balaban J connectivity index is 2.38. The lowest BCUT2D eigenvalue weighted by atomic mass is 10.0. The first-order valence-corrected chi connectivity index (χ1v) is 8.25. The summed E-state index contributed by atoms with van der Waals surface area (Å²) in [6.45, 7) is 0.895. The van der Waals surface area contributed by atoms with E-state index in [0.717, 1.165) is 5.56 Å². The van der Waals surface area contributed by atoms with Crippen LogP contribution in [-0.2, 0) is 9.84 Å². The van der Waals surface area contributed by atoms with E-state index in [2.05, 4.69) is 0 Å². The van der Waals surface area contributed by atoms with E-state index in [1.54, 1.807) is 38.3 Å². The van der Waals surface area contributed by atoms with E-state index in [9.17, 15) is 18.6 Å². The van der Waals surface area contributed by atoms with Gasteiger partial charge in [0.05, 0.1) is 25.6 Å². The molecule has 0 aromatic heterocycles. The van der Waals surface area contributed by atoms with Crippen LogP contribution in [0.4, 0.5) is 0 Å². The standard InChI is InChI=1S/C14H20O5S/c1-3-20(17,18)13-12(14(13,8-15)9-16)10-4-6-11(19-2)7-5-10/h4-7,12-13,15-16H,3,8-9H2,1-2H3/t12-,13-/m1/s1. The Morgan fingerprint density at radius 3 is 2.15 bits per heavy atom. The Morgan fingerprint density at radius 2 is 1.75 bits per heavy atom. The summed E-state index contributed by atoms with van der Waals surface area (Å²) < 4.78 is 29.4. The summed E-state index contributed by atoms with van der Waals surface area (Å²) in [4.78, 5) is 0. The number of hydrogen-bond acceptors (Lipinski definition) is 5. The SMILES string of the molecule is CCS(=O)(=O)[C@@H]1[C@@H](c2ccc(OC)cc2)C1(CO)CO. The maximum atomic E-state index is 12.2. The lowest BCUT2D eigenvalue weighted by Crippen LogP contribution is -2.23. The molecule has 1 aromatic carbocycles. The highest BCUT2D eigenvalue weighted by Gasteiger charge is 2.69. The minimum atomic E-state index is -3.32. The molecule has 5 nitrogen and oxygen atoms in total. The maximum absolute atomic E-state index is 12.2. The van der Waals surface area contributed by atoms with E-state index in [0.29, 0.717) is 5.75 Å². The highest BCUT2D eigenvalue weighted by atomic mass is 32.2. The van der Waals surface area contributed by atoms with Crippen molar-refractivity contribution in [1.29, 1.82) is 0 Å². The monoisotopic (exact) mass is 300 g/mol. The second-order valence-electron chi connectivity index (χ2n) is 5.17. The zero-order valence-electron chi connectivity index (χ0n) is 11.6. The van der Waals surface area contributed by atoms with E-state index in [1.807, 2.05) is 0 Å². The van der Waals surface area contributed by atoms with E-state index >= 15 is 0 Å². The molecule has 0 heterocycles. The van der Waals surface area contributed by atoms with Crippen molar-refractivity contribution in [3.05, 3.63) is 29.8 Å². The molecule has 0 saturated heterocycles. The predicted octanol–water partition coefficient (Wildman–Crippen LogP) is 0.567. The largest absolute Gasteiger partial charge is 0.497 e. The molecule has 1 fully saturated rings. The van der Waals surface area contributed by atoms with Gasteiger partial charge >= 0.3 is 0 Å². The van der Waals surface area contributed by atoms with Crippen LogP contribution in [0.15, 0.2) is 24.3 Å². The van der Waals surface area contributed by atoms with Gasteiger partial charge in [-0.15, -0.1) is 0 Å². The van der Waals surface area contributed by atoms with Crippen LogP contribution >= 0.6 is 0 Å². The lowest BCUT2D eigenvalue weighted by molar-refractivity contribution is 0.130. The van der Waals surface area contributed by atoms with Gasteiger partial charge in [0.1, 0.15) is 5.75 Å². The van der Waals surface area contributed by atoms with Crippen LogP contribution in [0.1, 0.15) is 18.4 Å². The molecule has 2 atom stereocenters. The molecule has 6 heteroatoms. The second-order valence-corrected chi connectivity index (χ2v) is 7.58. The van der Waals surface area contributed by atoms with Gasteiger partial charge in [0.2, 0.25) is 0 Å². The van der Waals surface area contributed by atoms with E-state index in [4.69, 9.17) is 4.74 Å². The molecule has 0 amide bonds. The molecule has 0 aliphatic heterocycles. The quantitative estimate of drug-likeness (QED) is 0.802. The van der Waals surface area contributed by atoms with Crippen molar-refractivity contribution in [3.8, 4) is 5.75 Å². The van der Waals surface area contributed by atoms with Gasteiger partial charge in [-0.3, -0.25) is 0 Å². The minimum Gasteiger partial charge on any atom is -0.497 e. The number of ether oxygens (including phenoxy) is 1. The molecule has 1 aliphatic carbocycles. The molecule has 1 saturated carbocycles. The summed E-state index contributed by atoms with van der Waals surface area (Å²) in [7, 11) is -1.76. The predicted molar refractivity (Wildman–Crippen MR) is 75.6 cm³/mol. The molecule has 2 rings (SSSR count). The molecular formula is C14H20O5S. The molecule has 2 N–H and O–H groups in total. The van der Waals surface area contributed by atoms with E-state index in [-0.39, 0.29) is 24.9 Å². The fraction of sp³-hybridized carbons (Fsp3) is 0.571. The number of sulfone groups is 1. The summed E-state index contributed by atoms with van der Waals surface area (Å²) in [5.74, 6) is 0.322. The van der Waals surface area contributed by atoms with Crippen LogP contribution in [0.25, 0.3) is 0 Å². The average molecular weight is 300 g/mol. The highest BCUT2D eigenvalue weighted by molar-refractivity contribution is 7.92. The van der Waals surface area contributed by atoms with Crippen molar-refractivity contribution >= 4 is 9.84 Å². The third-order valence-electron chi connectivity index (χ3n) is 4.23. The molecule has 1 aliphatic rings. The summed E-state index contributed by atoms with van der Waals surface area (Å²) in [6.07, 6.45) is 0. The van der Waals surface area contributed by atoms with Crippen LogP contribution in [-0.4, -0.2) is 50.0 Å². The van der Waals surface area contributed by atoms with Crippen LogP contribution in [0, 0.1) is 5.41 Å². The fourth-order valence-electron chi connectivity index (χ4n) is 2.94. The summed E-state index contributed by atoms with van der Waals surface area (Å²) >= 11 is 0. The van der Waals surface area contributed by atoms with Crippen molar-refractivity contribution in [2.45, 2.75) is 18.1 Å². The number of benzene rings is 1. The Kier molecular flexibility index (Phi) is 4.09. The number of hydrogen-bond donors (Lipinski definition) is 2. The third-order valence-corrected chi connectivity index (χ3v) is 6.55. The Morgan fingerprint density at radius 1 is 1.20 bits per heavy atom. The van der Waals surface area contributed by atoms with Gasteiger partial charge in [-0.05, 0) is 17.7 Å². The minimum absolute atomic E-state index is 0.00602. The molecule has 1 aromatic rings.